The van der Waals surface area contributed by atoms with Crippen LogP contribution in [0.4, 0.5) is 0 Å². The Bertz CT molecular complexity index is 1470. The molecule has 0 radical (unpaired) electrons. The monoisotopic (exact) mass is 473 g/mol. The molecule has 0 N–H and O–H groups in total. The number of carbonyl (C=O) groups excluding carboxylic acids is 1. The van der Waals surface area contributed by atoms with E-state index in [1.54, 1.807) is 23.3 Å². The van der Waals surface area contributed by atoms with Crippen LogP contribution in [-0.4, -0.2) is 24.0 Å². The fraction of sp³-hybridized carbons (Fsp3) is 0.286. The Kier molecular flexibility index (Phi) is 5.84. The zero-order chi connectivity index (χ0) is 24.7. The second kappa shape index (κ2) is 8.98. The fourth-order valence-corrected chi connectivity index (χ4v) is 4.79. The summed E-state index contributed by atoms with van der Waals surface area (Å²) >= 11 is 0. The minimum Gasteiger partial charge on any atom is -0.490 e. The Hall–Kier alpha value is -4.00. The maximum Gasteiger partial charge on any atom is 0.291 e. The second-order valence-corrected chi connectivity index (χ2v) is 8.62. The van der Waals surface area contributed by atoms with Crippen molar-refractivity contribution in [3.8, 4) is 11.5 Å². The van der Waals surface area contributed by atoms with Gasteiger partial charge in [0.15, 0.2) is 16.9 Å². The lowest BCUT2D eigenvalue weighted by atomic mass is 9.97. The topological polar surface area (TPSA) is 82.1 Å². The number of nitrogens with zero attached hydrogens (tertiary/aromatic N) is 1. The molecule has 1 unspecified atom stereocenters. The predicted molar refractivity (Wildman–Crippen MR) is 131 cm³/mol. The van der Waals surface area contributed by atoms with Gasteiger partial charge in [-0.15, -0.1) is 0 Å². The fourth-order valence-electron chi connectivity index (χ4n) is 4.79. The van der Waals surface area contributed by atoms with Crippen LogP contribution in [-0.2, 0) is 6.54 Å². The number of benzene rings is 2. The number of amides is 1. The van der Waals surface area contributed by atoms with E-state index in [4.69, 9.17) is 18.3 Å². The number of ether oxygens (including phenoxy) is 2. The first kappa shape index (κ1) is 22.8. The summed E-state index contributed by atoms with van der Waals surface area (Å²) in [5, 5.41) is 0.467. The van der Waals surface area contributed by atoms with Gasteiger partial charge in [0, 0.05) is 0 Å². The molecule has 35 heavy (non-hydrogen) atoms. The summed E-state index contributed by atoms with van der Waals surface area (Å²) in [7, 11) is 0. The van der Waals surface area contributed by atoms with Gasteiger partial charge in [0.1, 0.15) is 11.3 Å². The summed E-state index contributed by atoms with van der Waals surface area (Å²) in [4.78, 5) is 29.1. The van der Waals surface area contributed by atoms with Crippen molar-refractivity contribution >= 4 is 16.9 Å². The lowest BCUT2D eigenvalue weighted by Crippen LogP contribution is -2.29. The highest BCUT2D eigenvalue weighted by Crippen LogP contribution is 2.42. The van der Waals surface area contributed by atoms with Gasteiger partial charge in [-0.05, 0) is 74.7 Å². The first-order valence-corrected chi connectivity index (χ1v) is 11.7. The van der Waals surface area contributed by atoms with Gasteiger partial charge in [-0.1, -0.05) is 12.1 Å². The molecule has 7 nitrogen and oxygen atoms in total. The minimum absolute atomic E-state index is 0.0675. The molecule has 1 amide bonds. The Labute approximate surface area is 202 Å². The van der Waals surface area contributed by atoms with Crippen LogP contribution in [0.15, 0.2) is 62.4 Å². The molecular formula is C28H27NO6. The van der Waals surface area contributed by atoms with Crippen molar-refractivity contribution in [2.45, 2.75) is 40.3 Å². The quantitative estimate of drug-likeness (QED) is 0.350. The number of carbonyl (C=O) groups is 1. The van der Waals surface area contributed by atoms with Gasteiger partial charge in [0.25, 0.3) is 5.91 Å². The normalized spacial score (nSPS) is 15.0. The van der Waals surface area contributed by atoms with Gasteiger partial charge < -0.3 is 23.2 Å². The molecule has 7 heteroatoms. The summed E-state index contributed by atoms with van der Waals surface area (Å²) in [6.45, 7) is 8.74. The number of rotatable bonds is 7. The standard InChI is InChI=1S/C28H27NO6/c1-5-32-21-10-9-18(14-22(21)33-6-2)24-23-25(30)20-13-16(3)12-17(4)26(20)35-27(23)28(31)29(24)15-19-8-7-11-34-19/h7-14,24H,5-6,15H2,1-4H3. The molecule has 180 valence electrons. The third-order valence-electron chi connectivity index (χ3n) is 6.19. The van der Waals surface area contributed by atoms with E-state index in [9.17, 15) is 9.59 Å². The molecule has 0 saturated carbocycles. The molecule has 0 spiro atoms. The molecule has 1 aliphatic heterocycles. The Balaban J connectivity index is 1.74. The summed E-state index contributed by atoms with van der Waals surface area (Å²) in [6.07, 6.45) is 1.56. The number of hydrogen-bond donors (Lipinski definition) is 0. The molecule has 0 bridgehead atoms. The molecule has 2 aromatic heterocycles. The van der Waals surface area contributed by atoms with Gasteiger partial charge in [-0.25, -0.2) is 0 Å². The van der Waals surface area contributed by atoms with Crippen molar-refractivity contribution in [1.29, 1.82) is 0 Å². The molecule has 0 fully saturated rings. The van der Waals surface area contributed by atoms with E-state index < -0.39 is 6.04 Å². The van der Waals surface area contributed by atoms with Crippen LogP contribution in [0.1, 0.15) is 58.5 Å². The lowest BCUT2D eigenvalue weighted by Gasteiger charge is -2.25. The SMILES string of the molecule is CCOc1ccc(C2c3c(oc4c(C)cc(C)cc4c3=O)C(=O)N2Cc2ccco2)cc1OCC. The third kappa shape index (κ3) is 3.87. The zero-order valence-electron chi connectivity index (χ0n) is 20.2. The Morgan fingerprint density at radius 2 is 1.74 bits per heavy atom. The molecule has 3 heterocycles. The molecule has 1 atom stereocenters. The average molecular weight is 474 g/mol. The van der Waals surface area contributed by atoms with Crippen molar-refractivity contribution in [3.05, 3.63) is 92.7 Å². The maximum atomic E-state index is 13.9. The van der Waals surface area contributed by atoms with Gasteiger partial charge in [-0.2, -0.15) is 0 Å². The molecule has 5 rings (SSSR count). The number of hydrogen-bond acceptors (Lipinski definition) is 6. The van der Waals surface area contributed by atoms with E-state index in [2.05, 4.69) is 0 Å². The number of aryl methyl sites for hydroxylation is 2. The van der Waals surface area contributed by atoms with Gasteiger partial charge in [0.2, 0.25) is 5.76 Å². The van der Waals surface area contributed by atoms with E-state index >= 15 is 0 Å². The predicted octanol–water partition coefficient (Wildman–Crippen LogP) is 5.55. The highest BCUT2D eigenvalue weighted by molar-refractivity contribution is 5.99. The molecule has 4 aromatic rings. The zero-order valence-corrected chi connectivity index (χ0v) is 20.2. The maximum absolute atomic E-state index is 13.9. The Morgan fingerprint density at radius 3 is 2.46 bits per heavy atom. The number of fused-ring (bicyclic) bond motifs is 2. The highest BCUT2D eigenvalue weighted by Gasteiger charge is 2.43. The first-order valence-electron chi connectivity index (χ1n) is 11.7. The molecule has 0 saturated heterocycles. The van der Waals surface area contributed by atoms with E-state index in [1.165, 1.54) is 0 Å². The summed E-state index contributed by atoms with van der Waals surface area (Å²) in [5.74, 6) is 1.49. The molecule has 0 aliphatic carbocycles. The van der Waals surface area contributed by atoms with E-state index in [0.717, 1.165) is 16.7 Å². The van der Waals surface area contributed by atoms with Crippen molar-refractivity contribution in [1.82, 2.24) is 4.90 Å². The third-order valence-corrected chi connectivity index (χ3v) is 6.19. The van der Waals surface area contributed by atoms with Crippen LogP contribution in [0.3, 0.4) is 0 Å². The van der Waals surface area contributed by atoms with Crippen LogP contribution in [0.5, 0.6) is 11.5 Å². The van der Waals surface area contributed by atoms with Gasteiger partial charge in [0.05, 0.1) is 43.0 Å². The van der Waals surface area contributed by atoms with Crippen LogP contribution < -0.4 is 14.9 Å². The minimum atomic E-state index is -0.668. The smallest absolute Gasteiger partial charge is 0.291 e. The average Bonchev–Trinajstić information content (AvgIpc) is 3.44. The summed E-state index contributed by atoms with van der Waals surface area (Å²) in [5.41, 5.74) is 3.05. The first-order chi connectivity index (χ1) is 16.9. The van der Waals surface area contributed by atoms with Crippen molar-refractivity contribution in [2.75, 3.05) is 13.2 Å². The van der Waals surface area contributed by atoms with Gasteiger partial charge >= 0.3 is 0 Å². The molecule has 1 aliphatic rings. The van der Waals surface area contributed by atoms with Crippen LogP contribution in [0.25, 0.3) is 11.0 Å². The summed E-state index contributed by atoms with van der Waals surface area (Å²) in [6, 6.07) is 12.2. The lowest BCUT2D eigenvalue weighted by molar-refractivity contribution is 0.0701. The highest BCUT2D eigenvalue weighted by atomic mass is 16.5. The van der Waals surface area contributed by atoms with E-state index in [0.29, 0.717) is 47.0 Å². The summed E-state index contributed by atoms with van der Waals surface area (Å²) < 4.78 is 23.2. The van der Waals surface area contributed by atoms with E-state index in [-0.39, 0.29) is 23.6 Å². The molecule has 2 aromatic carbocycles. The van der Waals surface area contributed by atoms with Crippen LogP contribution in [0, 0.1) is 13.8 Å². The number of furan rings is 1. The van der Waals surface area contributed by atoms with Crippen molar-refractivity contribution in [3.63, 3.8) is 0 Å². The molecular weight excluding hydrogens is 446 g/mol. The van der Waals surface area contributed by atoms with Crippen molar-refractivity contribution < 1.29 is 23.1 Å². The van der Waals surface area contributed by atoms with Crippen LogP contribution >= 0.6 is 0 Å². The van der Waals surface area contributed by atoms with Crippen molar-refractivity contribution in [2.24, 2.45) is 0 Å². The van der Waals surface area contributed by atoms with Gasteiger partial charge in [-0.3, -0.25) is 9.59 Å². The second-order valence-electron chi connectivity index (χ2n) is 8.62. The largest absolute Gasteiger partial charge is 0.490 e. The van der Waals surface area contributed by atoms with Crippen LogP contribution in [0.2, 0.25) is 0 Å². The Morgan fingerprint density at radius 1 is 0.971 bits per heavy atom. The van der Waals surface area contributed by atoms with E-state index in [1.807, 2.05) is 58.0 Å².